The first kappa shape index (κ1) is 143. The maximum atomic E-state index is 8.55. The Balaban J connectivity index is -0.00000000274. The van der Waals surface area contributed by atoms with Gasteiger partial charge in [0, 0.05) is 0 Å². The predicted molar refractivity (Wildman–Crippen MR) is 68.6 cm³/mol. The van der Waals surface area contributed by atoms with Gasteiger partial charge < -0.3 is 93.3 Å². The van der Waals surface area contributed by atoms with E-state index in [1.54, 1.807) is 0 Å². The van der Waals surface area contributed by atoms with Crippen LogP contribution in [0.15, 0.2) is 0 Å². The number of rotatable bonds is 0. The third-order valence-corrected chi connectivity index (χ3v) is 0. The molecule has 18 nitrogen and oxygen atoms in total. The number of phosphoric acid groups is 2. The topological polar surface area (TPSA) is 488 Å². The van der Waals surface area contributed by atoms with Crippen LogP contribution in [-0.4, -0.2) is 124 Å². The standard InChI is InChI=1S/3Mg.2H3O4P.10H2O/c;;;2*1-5(2,3)4;;;;;;;;;;/h;;;2*(H3,1,2,3,4);10*1H2/q3*+2;;;;;;;;;;;;/p-6. The first-order valence-electron chi connectivity index (χ1n) is 1.46. The summed E-state index contributed by atoms with van der Waals surface area (Å²) in [6.07, 6.45) is 0. The Bertz CT molecular complexity index is 135. The minimum absolute atomic E-state index is 0. The van der Waals surface area contributed by atoms with E-state index in [0.29, 0.717) is 0 Å². The molecule has 0 saturated heterocycles. The van der Waals surface area contributed by atoms with Crippen LogP contribution < -0.4 is 29.4 Å². The molecule has 0 aliphatic carbocycles. The fourth-order valence-corrected chi connectivity index (χ4v) is 0. The van der Waals surface area contributed by atoms with Crippen LogP contribution in [0.4, 0.5) is 0 Å². The Kier molecular flexibility index (Phi) is 401. The summed E-state index contributed by atoms with van der Waals surface area (Å²) < 4.78 is 17.1. The molecule has 20 N–H and O–H groups in total. The summed E-state index contributed by atoms with van der Waals surface area (Å²) >= 11 is 0. The van der Waals surface area contributed by atoms with Gasteiger partial charge in [0.05, 0.1) is 0 Å². The summed E-state index contributed by atoms with van der Waals surface area (Å²) in [4.78, 5) is 51.3. The molecule has 0 radical (unpaired) electrons. The maximum absolute atomic E-state index is 8.55. The molecule has 0 fully saturated rings. The molecule has 0 spiro atoms. The van der Waals surface area contributed by atoms with Gasteiger partial charge in [0.1, 0.15) is 0 Å². The summed E-state index contributed by atoms with van der Waals surface area (Å²) in [7, 11) is -10.8. The molecule has 0 rings (SSSR count). The molecule has 0 amide bonds. The molecule has 0 unspecified atom stereocenters. The Labute approximate surface area is 177 Å². The zero-order chi connectivity index (χ0) is 9.00. The van der Waals surface area contributed by atoms with E-state index in [1.165, 1.54) is 0 Å². The maximum Gasteiger partial charge on any atom is 2.00 e. The van der Waals surface area contributed by atoms with Crippen molar-refractivity contribution in [2.45, 2.75) is 0 Å². The van der Waals surface area contributed by atoms with Crippen molar-refractivity contribution >= 4 is 84.8 Å². The molecule has 0 aliphatic heterocycles. The van der Waals surface area contributed by atoms with E-state index < -0.39 is 15.6 Å². The summed E-state index contributed by atoms with van der Waals surface area (Å²) in [5, 5.41) is 0. The van der Waals surface area contributed by atoms with Crippen molar-refractivity contribution in [2.24, 2.45) is 0 Å². The Morgan fingerprint density at radius 1 is 0.348 bits per heavy atom. The van der Waals surface area contributed by atoms with Crippen LogP contribution >= 0.6 is 15.6 Å². The molecule has 0 aromatic rings. The molecule has 0 bridgehead atoms. The van der Waals surface area contributed by atoms with Crippen molar-refractivity contribution in [3.05, 3.63) is 0 Å². The third kappa shape index (κ3) is 2630. The van der Waals surface area contributed by atoms with Gasteiger partial charge in [0.15, 0.2) is 0 Å². The van der Waals surface area contributed by atoms with Crippen LogP contribution in [0.5, 0.6) is 0 Å². The van der Waals surface area contributed by atoms with E-state index >= 15 is 0 Å². The van der Waals surface area contributed by atoms with Crippen LogP contribution in [0, 0.1) is 0 Å². The smallest absolute Gasteiger partial charge is 0.822 e. The summed E-state index contributed by atoms with van der Waals surface area (Å²) in [5.41, 5.74) is 0. The van der Waals surface area contributed by atoms with Gasteiger partial charge in [-0.15, -0.1) is 0 Å². The van der Waals surface area contributed by atoms with Crippen molar-refractivity contribution in [3.8, 4) is 0 Å². The second kappa shape index (κ2) is 64.7. The monoisotopic (exact) mass is 442 g/mol. The minimum Gasteiger partial charge on any atom is -0.822 e. The molecule has 23 heavy (non-hydrogen) atoms. The average molecular weight is 443 g/mol. The number of hydrogen-bond acceptors (Lipinski definition) is 8. The Morgan fingerprint density at radius 3 is 0.348 bits per heavy atom. The van der Waals surface area contributed by atoms with Gasteiger partial charge in [0.2, 0.25) is 0 Å². The third-order valence-electron chi connectivity index (χ3n) is 0. The normalized spacial score (nSPS) is 5.13. The molecule has 0 aliphatic rings. The second-order valence-electron chi connectivity index (χ2n) is 0.894. The second-order valence-corrected chi connectivity index (χ2v) is 2.68. The molecule has 144 valence electrons. The molecular formula is H20Mg3O18P2. The van der Waals surface area contributed by atoms with Crippen LogP contribution in [0.25, 0.3) is 0 Å². The summed E-state index contributed by atoms with van der Waals surface area (Å²) in [6.45, 7) is 0. The largest absolute Gasteiger partial charge is 2.00 e. The van der Waals surface area contributed by atoms with E-state index in [1.807, 2.05) is 0 Å². The van der Waals surface area contributed by atoms with Gasteiger partial charge >= 0.3 is 69.2 Å². The van der Waals surface area contributed by atoms with Gasteiger partial charge in [-0.05, 0) is 0 Å². The summed E-state index contributed by atoms with van der Waals surface area (Å²) in [6, 6.07) is 0. The first-order chi connectivity index (χ1) is 4.00. The first-order valence-corrected chi connectivity index (χ1v) is 4.38. The van der Waals surface area contributed by atoms with Crippen molar-refractivity contribution in [1.82, 2.24) is 0 Å². The fourth-order valence-electron chi connectivity index (χ4n) is 0. The zero-order valence-corrected chi connectivity index (χ0v) is 17.3. The van der Waals surface area contributed by atoms with E-state index in [4.69, 9.17) is 38.5 Å². The summed E-state index contributed by atoms with van der Waals surface area (Å²) in [5.74, 6) is 0. The van der Waals surface area contributed by atoms with E-state index in [9.17, 15) is 0 Å². The molecule has 0 aromatic heterocycles. The Hall–Kier alpha value is 2.12. The van der Waals surface area contributed by atoms with Gasteiger partial charge in [-0.25, -0.2) is 0 Å². The molecule has 0 saturated carbocycles. The van der Waals surface area contributed by atoms with Gasteiger partial charge in [-0.1, -0.05) is 0 Å². The van der Waals surface area contributed by atoms with Gasteiger partial charge in [-0.2, -0.15) is 15.6 Å². The van der Waals surface area contributed by atoms with Crippen molar-refractivity contribution in [3.63, 3.8) is 0 Å². The SMILES string of the molecule is O.O.O.O.O.O.O.O.O.O.O=P([O-])([O-])[O-].O=P([O-])([O-])[O-].[Mg+2].[Mg+2].[Mg+2]. The predicted octanol–water partition coefficient (Wildman–Crippen LogP) is -15.0. The minimum atomic E-state index is -5.39. The van der Waals surface area contributed by atoms with E-state index in [2.05, 4.69) is 0 Å². The molecule has 0 aromatic carbocycles. The van der Waals surface area contributed by atoms with Crippen LogP contribution in [-0.2, 0) is 9.13 Å². The van der Waals surface area contributed by atoms with E-state index in [0.717, 1.165) is 0 Å². The van der Waals surface area contributed by atoms with Crippen LogP contribution in [0.1, 0.15) is 0 Å². The van der Waals surface area contributed by atoms with Gasteiger partial charge in [0.25, 0.3) is 0 Å². The zero-order valence-electron chi connectivity index (χ0n) is 11.3. The average Bonchev–Trinajstić information content (AvgIpc) is 1.12. The molecule has 0 heterocycles. The molecule has 23 heteroatoms. The van der Waals surface area contributed by atoms with Crippen LogP contribution in [0.2, 0.25) is 0 Å². The van der Waals surface area contributed by atoms with Crippen molar-refractivity contribution in [2.75, 3.05) is 0 Å². The fraction of sp³-hybridized carbons (Fsp3) is 0. The molecular weight excluding hydrogens is 423 g/mol. The van der Waals surface area contributed by atoms with Crippen molar-refractivity contribution in [1.29, 1.82) is 0 Å². The van der Waals surface area contributed by atoms with Crippen molar-refractivity contribution < 1.29 is 93.3 Å². The van der Waals surface area contributed by atoms with Gasteiger partial charge in [-0.3, -0.25) is 0 Å². The van der Waals surface area contributed by atoms with Crippen LogP contribution in [0.3, 0.4) is 0 Å². The molecule has 0 atom stereocenters. The quantitative estimate of drug-likeness (QED) is 0.255. The Morgan fingerprint density at radius 2 is 0.348 bits per heavy atom. The number of hydrogen-bond donors (Lipinski definition) is 0. The van der Waals surface area contributed by atoms with E-state index in [-0.39, 0.29) is 124 Å².